The lowest BCUT2D eigenvalue weighted by atomic mass is 10.1. The molecule has 1 aromatic rings. The SMILES string of the molecule is NC(=O)[C@@H]1CCCN1C(=O)[C@H](N)Cc1ccc(Cl)cc1. The van der Waals surface area contributed by atoms with Crippen LogP contribution in [0.3, 0.4) is 0 Å². The third kappa shape index (κ3) is 3.29. The molecular formula is C14H18ClN3O2. The number of likely N-dealkylation sites (tertiary alicyclic amines) is 1. The molecule has 0 saturated carbocycles. The molecule has 1 fully saturated rings. The summed E-state index contributed by atoms with van der Waals surface area (Å²) in [4.78, 5) is 25.1. The summed E-state index contributed by atoms with van der Waals surface area (Å²) in [5, 5.41) is 0.641. The molecule has 4 N–H and O–H groups in total. The van der Waals surface area contributed by atoms with Gasteiger partial charge in [-0.1, -0.05) is 23.7 Å². The minimum Gasteiger partial charge on any atom is -0.368 e. The Morgan fingerprint density at radius 1 is 1.35 bits per heavy atom. The van der Waals surface area contributed by atoms with Gasteiger partial charge in [0.1, 0.15) is 6.04 Å². The van der Waals surface area contributed by atoms with Gasteiger partial charge in [-0.15, -0.1) is 0 Å². The summed E-state index contributed by atoms with van der Waals surface area (Å²) >= 11 is 5.81. The van der Waals surface area contributed by atoms with Gasteiger partial charge in [0.05, 0.1) is 6.04 Å². The number of hydrogen-bond acceptors (Lipinski definition) is 3. The van der Waals surface area contributed by atoms with Gasteiger partial charge in [-0.05, 0) is 37.0 Å². The summed E-state index contributed by atoms with van der Waals surface area (Å²) < 4.78 is 0. The lowest BCUT2D eigenvalue weighted by Crippen LogP contribution is -2.50. The third-order valence-corrected chi connectivity index (χ3v) is 3.80. The Morgan fingerprint density at radius 2 is 2.00 bits per heavy atom. The van der Waals surface area contributed by atoms with Gasteiger partial charge in [0.15, 0.2) is 0 Å². The minimum absolute atomic E-state index is 0.221. The van der Waals surface area contributed by atoms with Crippen molar-refractivity contribution in [3.05, 3.63) is 34.9 Å². The van der Waals surface area contributed by atoms with E-state index in [2.05, 4.69) is 0 Å². The smallest absolute Gasteiger partial charge is 0.240 e. The minimum atomic E-state index is -0.670. The van der Waals surface area contributed by atoms with Crippen LogP contribution in [0.1, 0.15) is 18.4 Å². The number of carbonyl (C=O) groups is 2. The number of primary amides is 1. The first kappa shape index (κ1) is 14.8. The van der Waals surface area contributed by atoms with Crippen molar-refractivity contribution in [2.75, 3.05) is 6.54 Å². The number of carbonyl (C=O) groups excluding carboxylic acids is 2. The Hall–Kier alpha value is -1.59. The van der Waals surface area contributed by atoms with Gasteiger partial charge in [0.25, 0.3) is 0 Å². The highest BCUT2D eigenvalue weighted by Crippen LogP contribution is 2.19. The first-order chi connectivity index (χ1) is 9.49. The summed E-state index contributed by atoms with van der Waals surface area (Å²) in [6.07, 6.45) is 1.82. The topological polar surface area (TPSA) is 89.4 Å². The molecule has 2 amide bonds. The summed E-state index contributed by atoms with van der Waals surface area (Å²) in [5.74, 6) is -0.684. The van der Waals surface area contributed by atoms with E-state index in [0.29, 0.717) is 24.4 Å². The molecular weight excluding hydrogens is 278 g/mol. The van der Waals surface area contributed by atoms with Crippen molar-refractivity contribution in [1.29, 1.82) is 0 Å². The number of halogens is 1. The largest absolute Gasteiger partial charge is 0.368 e. The number of hydrogen-bond donors (Lipinski definition) is 2. The maximum absolute atomic E-state index is 12.3. The van der Waals surface area contributed by atoms with Crippen LogP contribution in [0.2, 0.25) is 5.02 Å². The Balaban J connectivity index is 2.01. The number of nitrogens with zero attached hydrogens (tertiary/aromatic N) is 1. The highest BCUT2D eigenvalue weighted by molar-refractivity contribution is 6.30. The summed E-state index contributed by atoms with van der Waals surface area (Å²) in [6.45, 7) is 0.542. The molecule has 0 radical (unpaired) electrons. The van der Waals surface area contributed by atoms with Gasteiger partial charge in [-0.3, -0.25) is 9.59 Å². The van der Waals surface area contributed by atoms with Crippen LogP contribution in [-0.2, 0) is 16.0 Å². The first-order valence-corrected chi connectivity index (χ1v) is 6.96. The Bertz CT molecular complexity index is 504. The van der Waals surface area contributed by atoms with E-state index >= 15 is 0 Å². The van der Waals surface area contributed by atoms with Gasteiger partial charge in [-0.25, -0.2) is 0 Å². The van der Waals surface area contributed by atoms with Crippen molar-refractivity contribution >= 4 is 23.4 Å². The zero-order valence-corrected chi connectivity index (χ0v) is 11.8. The van der Waals surface area contributed by atoms with Crippen LogP contribution in [-0.4, -0.2) is 35.3 Å². The van der Waals surface area contributed by atoms with Crippen molar-refractivity contribution in [1.82, 2.24) is 4.90 Å². The molecule has 1 aliphatic rings. The zero-order valence-electron chi connectivity index (χ0n) is 11.1. The maximum atomic E-state index is 12.3. The lowest BCUT2D eigenvalue weighted by molar-refractivity contribution is -0.138. The summed E-state index contributed by atoms with van der Waals surface area (Å²) in [7, 11) is 0. The molecule has 1 aliphatic heterocycles. The molecule has 20 heavy (non-hydrogen) atoms. The van der Waals surface area contributed by atoms with Gasteiger partial charge in [0, 0.05) is 11.6 Å². The van der Waals surface area contributed by atoms with E-state index in [9.17, 15) is 9.59 Å². The van der Waals surface area contributed by atoms with Crippen LogP contribution in [0.5, 0.6) is 0 Å². The summed E-state index contributed by atoms with van der Waals surface area (Å²) in [6, 6.07) is 6.01. The van der Waals surface area contributed by atoms with Crippen molar-refractivity contribution in [2.45, 2.75) is 31.3 Å². The van der Waals surface area contributed by atoms with Gasteiger partial charge >= 0.3 is 0 Å². The maximum Gasteiger partial charge on any atom is 0.240 e. The van der Waals surface area contributed by atoms with Crippen LogP contribution in [0.4, 0.5) is 0 Å². The molecule has 2 atom stereocenters. The molecule has 0 unspecified atom stereocenters. The van der Waals surface area contributed by atoms with Crippen molar-refractivity contribution in [3.63, 3.8) is 0 Å². The van der Waals surface area contributed by atoms with Crippen molar-refractivity contribution in [3.8, 4) is 0 Å². The average Bonchev–Trinajstić information content (AvgIpc) is 2.90. The zero-order chi connectivity index (χ0) is 14.7. The van der Waals surface area contributed by atoms with E-state index in [4.69, 9.17) is 23.1 Å². The molecule has 0 spiro atoms. The molecule has 108 valence electrons. The van der Waals surface area contributed by atoms with E-state index in [1.165, 1.54) is 4.90 Å². The van der Waals surface area contributed by atoms with Crippen LogP contribution < -0.4 is 11.5 Å². The highest BCUT2D eigenvalue weighted by atomic mass is 35.5. The van der Waals surface area contributed by atoms with Crippen LogP contribution in [0.15, 0.2) is 24.3 Å². The fraction of sp³-hybridized carbons (Fsp3) is 0.429. The van der Waals surface area contributed by atoms with Gasteiger partial charge in [-0.2, -0.15) is 0 Å². The van der Waals surface area contributed by atoms with Crippen molar-refractivity contribution < 1.29 is 9.59 Å². The van der Waals surface area contributed by atoms with Gasteiger partial charge in [0.2, 0.25) is 11.8 Å². The fourth-order valence-electron chi connectivity index (χ4n) is 2.50. The number of rotatable bonds is 4. The first-order valence-electron chi connectivity index (χ1n) is 6.59. The lowest BCUT2D eigenvalue weighted by Gasteiger charge is -2.25. The predicted molar refractivity (Wildman–Crippen MR) is 77.1 cm³/mol. The van der Waals surface area contributed by atoms with E-state index in [1.54, 1.807) is 12.1 Å². The molecule has 6 heteroatoms. The normalized spacial score (nSPS) is 19.9. The number of benzene rings is 1. The van der Waals surface area contributed by atoms with E-state index in [0.717, 1.165) is 12.0 Å². The van der Waals surface area contributed by atoms with E-state index in [-0.39, 0.29) is 5.91 Å². The monoisotopic (exact) mass is 295 g/mol. The van der Waals surface area contributed by atoms with Crippen LogP contribution >= 0.6 is 11.6 Å². The predicted octanol–water partition coefficient (Wildman–Crippen LogP) is 0.686. The second-order valence-electron chi connectivity index (χ2n) is 5.03. The van der Waals surface area contributed by atoms with Crippen LogP contribution in [0.25, 0.3) is 0 Å². The van der Waals surface area contributed by atoms with Gasteiger partial charge < -0.3 is 16.4 Å². The Kier molecular flexibility index (Phi) is 4.62. The molecule has 1 aromatic carbocycles. The number of nitrogens with two attached hydrogens (primary N) is 2. The Labute approximate surface area is 122 Å². The molecule has 0 aliphatic carbocycles. The standard InChI is InChI=1S/C14H18ClN3O2/c15-10-5-3-9(4-6-10)8-11(16)14(20)18-7-1-2-12(18)13(17)19/h3-6,11-12H,1-2,7-8,16H2,(H2,17,19)/t11-,12+/m1/s1. The fourth-order valence-corrected chi connectivity index (χ4v) is 2.63. The molecule has 0 aromatic heterocycles. The van der Waals surface area contributed by atoms with E-state index < -0.39 is 18.0 Å². The highest BCUT2D eigenvalue weighted by Gasteiger charge is 2.34. The molecule has 2 rings (SSSR count). The molecule has 5 nitrogen and oxygen atoms in total. The molecule has 1 saturated heterocycles. The van der Waals surface area contributed by atoms with Crippen LogP contribution in [0, 0.1) is 0 Å². The second kappa shape index (κ2) is 6.24. The molecule has 1 heterocycles. The Morgan fingerprint density at radius 3 is 2.60 bits per heavy atom. The quantitative estimate of drug-likeness (QED) is 0.856. The average molecular weight is 296 g/mol. The summed E-state index contributed by atoms with van der Waals surface area (Å²) in [5.41, 5.74) is 12.2. The van der Waals surface area contributed by atoms with Crippen molar-refractivity contribution in [2.24, 2.45) is 11.5 Å². The second-order valence-corrected chi connectivity index (χ2v) is 5.47. The molecule has 0 bridgehead atoms. The van der Waals surface area contributed by atoms with E-state index in [1.807, 2.05) is 12.1 Å². The number of amides is 2. The third-order valence-electron chi connectivity index (χ3n) is 3.55.